The molecule has 22 heavy (non-hydrogen) atoms. The molecule has 1 N–H and O–H groups in total. The molecule has 4 atom stereocenters. The minimum absolute atomic E-state index is 0.0782. The van der Waals surface area contributed by atoms with Gasteiger partial charge in [-0.25, -0.2) is 0 Å². The minimum Gasteiger partial charge on any atom is -0.392 e. The first-order valence-electron chi connectivity index (χ1n) is 8.77. The summed E-state index contributed by atoms with van der Waals surface area (Å²) in [5.41, 5.74) is 3.11. The Hall–Kier alpha value is -0.890. The predicted octanol–water partition coefficient (Wildman–Crippen LogP) is 4.68. The van der Waals surface area contributed by atoms with Crippen molar-refractivity contribution < 1.29 is 9.90 Å². The van der Waals surface area contributed by atoms with Crippen molar-refractivity contribution in [3.63, 3.8) is 0 Å². The van der Waals surface area contributed by atoms with Crippen LogP contribution < -0.4 is 0 Å². The van der Waals surface area contributed by atoms with Gasteiger partial charge < -0.3 is 9.90 Å². The van der Waals surface area contributed by atoms with Crippen LogP contribution in [0.25, 0.3) is 0 Å². The number of rotatable bonds is 5. The molecule has 2 rings (SSSR count). The van der Waals surface area contributed by atoms with Crippen LogP contribution in [0.2, 0.25) is 0 Å². The maximum atomic E-state index is 11.7. The summed E-state index contributed by atoms with van der Waals surface area (Å²) in [5.74, 6) is 0.772. The molecule has 0 amide bonds. The van der Waals surface area contributed by atoms with E-state index in [1.54, 1.807) is 0 Å². The zero-order valence-corrected chi connectivity index (χ0v) is 14.7. The van der Waals surface area contributed by atoms with Crippen molar-refractivity contribution in [1.29, 1.82) is 0 Å². The lowest BCUT2D eigenvalue weighted by Crippen LogP contribution is -2.50. The number of allylic oxidation sites excluding steroid dienone is 3. The summed E-state index contributed by atoms with van der Waals surface area (Å²) < 4.78 is 0. The molecule has 0 aromatic heterocycles. The van der Waals surface area contributed by atoms with Crippen LogP contribution in [0.4, 0.5) is 0 Å². The smallest absolute Gasteiger partial charge is 0.123 e. The lowest BCUT2D eigenvalue weighted by molar-refractivity contribution is -0.124. The summed E-state index contributed by atoms with van der Waals surface area (Å²) in [5, 5.41) is 9.06. The first kappa shape index (κ1) is 17.5. The van der Waals surface area contributed by atoms with Crippen molar-refractivity contribution in [3.8, 4) is 0 Å². The van der Waals surface area contributed by atoms with Gasteiger partial charge in [0.05, 0.1) is 6.61 Å². The SMILES string of the molecule is CC1=CCC[C@H]2[C@@](C)(CC/C(C)=C/CO)[C@H](C=O)CC[C@@]12C. The number of carbonyl (C=O) groups excluding carboxylic acids is 1. The van der Waals surface area contributed by atoms with E-state index in [0.717, 1.165) is 32.1 Å². The van der Waals surface area contributed by atoms with Crippen LogP contribution in [-0.2, 0) is 4.79 Å². The molecule has 0 heterocycles. The highest BCUT2D eigenvalue weighted by Gasteiger charge is 2.54. The number of hydrogen-bond acceptors (Lipinski definition) is 2. The molecule has 0 radical (unpaired) electrons. The predicted molar refractivity (Wildman–Crippen MR) is 91.6 cm³/mol. The fourth-order valence-corrected chi connectivity index (χ4v) is 5.07. The fraction of sp³-hybridized carbons (Fsp3) is 0.750. The Kier molecular flexibility index (Phi) is 5.32. The van der Waals surface area contributed by atoms with Gasteiger partial charge in [-0.1, -0.05) is 37.1 Å². The summed E-state index contributed by atoms with van der Waals surface area (Å²) in [4.78, 5) is 11.7. The maximum Gasteiger partial charge on any atom is 0.123 e. The lowest BCUT2D eigenvalue weighted by atomic mass is 9.47. The Balaban J connectivity index is 2.29. The molecule has 0 bridgehead atoms. The van der Waals surface area contributed by atoms with Crippen molar-refractivity contribution in [2.75, 3.05) is 6.61 Å². The van der Waals surface area contributed by atoms with Gasteiger partial charge in [0.2, 0.25) is 0 Å². The standard InChI is InChI=1S/C20H32O2/c1-15(10-13-21)8-11-20(4)17(14-22)9-12-19(3)16(2)6-5-7-18(19)20/h6,10,14,17-18,21H,5,7-9,11-13H2,1-4H3/b15-10+/t17-,18+,19-,20-/m0/s1. The molecule has 1 fully saturated rings. The van der Waals surface area contributed by atoms with Crippen LogP contribution in [0.5, 0.6) is 0 Å². The van der Waals surface area contributed by atoms with E-state index in [4.69, 9.17) is 5.11 Å². The zero-order valence-electron chi connectivity index (χ0n) is 14.7. The lowest BCUT2D eigenvalue weighted by Gasteiger charge is -2.57. The summed E-state index contributed by atoms with van der Waals surface area (Å²) in [6.07, 6.45) is 12.1. The van der Waals surface area contributed by atoms with E-state index in [1.165, 1.54) is 23.9 Å². The Labute approximate surface area is 135 Å². The van der Waals surface area contributed by atoms with Gasteiger partial charge in [0.1, 0.15) is 6.29 Å². The molecule has 2 heteroatoms. The second kappa shape index (κ2) is 6.70. The molecule has 0 unspecified atom stereocenters. The Bertz CT molecular complexity index is 476. The monoisotopic (exact) mass is 304 g/mol. The highest BCUT2D eigenvalue weighted by Crippen LogP contribution is 2.61. The number of aliphatic hydroxyl groups excluding tert-OH is 1. The van der Waals surface area contributed by atoms with Crippen LogP contribution in [-0.4, -0.2) is 18.0 Å². The third-order valence-electron chi connectivity index (χ3n) is 6.86. The first-order chi connectivity index (χ1) is 10.4. The van der Waals surface area contributed by atoms with E-state index in [-0.39, 0.29) is 23.4 Å². The number of hydrogen-bond donors (Lipinski definition) is 1. The number of aliphatic hydroxyl groups is 1. The average Bonchev–Trinajstić information content (AvgIpc) is 2.48. The maximum absolute atomic E-state index is 11.7. The van der Waals surface area contributed by atoms with E-state index in [1.807, 2.05) is 6.08 Å². The van der Waals surface area contributed by atoms with Crippen molar-refractivity contribution >= 4 is 6.29 Å². The topological polar surface area (TPSA) is 37.3 Å². The Morgan fingerprint density at radius 1 is 1.41 bits per heavy atom. The largest absolute Gasteiger partial charge is 0.392 e. The number of fused-ring (bicyclic) bond motifs is 1. The van der Waals surface area contributed by atoms with Crippen molar-refractivity contribution in [2.45, 2.75) is 66.2 Å². The van der Waals surface area contributed by atoms with Crippen LogP contribution in [0.1, 0.15) is 66.2 Å². The highest BCUT2D eigenvalue weighted by molar-refractivity contribution is 5.56. The summed E-state index contributed by atoms with van der Waals surface area (Å²) in [6.45, 7) is 9.24. The third-order valence-corrected chi connectivity index (χ3v) is 6.86. The number of carbonyl (C=O) groups is 1. The fourth-order valence-electron chi connectivity index (χ4n) is 5.07. The van der Waals surface area contributed by atoms with Crippen LogP contribution >= 0.6 is 0 Å². The molecular formula is C20H32O2. The van der Waals surface area contributed by atoms with E-state index >= 15 is 0 Å². The molecular weight excluding hydrogens is 272 g/mol. The van der Waals surface area contributed by atoms with Gasteiger partial charge in [-0.15, -0.1) is 0 Å². The third kappa shape index (κ3) is 2.95. The molecule has 2 aliphatic carbocycles. The van der Waals surface area contributed by atoms with Crippen LogP contribution in [0, 0.1) is 22.7 Å². The Morgan fingerprint density at radius 3 is 2.77 bits per heavy atom. The van der Waals surface area contributed by atoms with Crippen LogP contribution in [0.3, 0.4) is 0 Å². The highest BCUT2D eigenvalue weighted by atomic mass is 16.2. The quantitative estimate of drug-likeness (QED) is 0.591. The van der Waals surface area contributed by atoms with Crippen LogP contribution in [0.15, 0.2) is 23.3 Å². The molecule has 1 saturated carbocycles. The minimum atomic E-state index is 0.0782. The van der Waals surface area contributed by atoms with Crippen molar-refractivity contribution in [2.24, 2.45) is 22.7 Å². The molecule has 0 aliphatic heterocycles. The average molecular weight is 304 g/mol. The molecule has 124 valence electrons. The van der Waals surface area contributed by atoms with Gasteiger partial charge >= 0.3 is 0 Å². The van der Waals surface area contributed by atoms with E-state index in [9.17, 15) is 4.79 Å². The second-order valence-electron chi connectivity index (χ2n) is 7.95. The summed E-state index contributed by atoms with van der Waals surface area (Å²) in [6, 6.07) is 0. The van der Waals surface area contributed by atoms with Gasteiger partial charge in [-0.3, -0.25) is 0 Å². The Morgan fingerprint density at radius 2 is 2.14 bits per heavy atom. The van der Waals surface area contributed by atoms with Gasteiger partial charge in [0, 0.05) is 5.92 Å². The molecule has 0 aromatic carbocycles. The second-order valence-corrected chi connectivity index (χ2v) is 7.95. The molecule has 0 saturated heterocycles. The molecule has 0 aromatic rings. The van der Waals surface area contributed by atoms with Gasteiger partial charge in [-0.2, -0.15) is 0 Å². The van der Waals surface area contributed by atoms with E-state index < -0.39 is 0 Å². The molecule has 0 spiro atoms. The molecule has 2 aliphatic rings. The number of aldehydes is 1. The van der Waals surface area contributed by atoms with Gasteiger partial charge in [-0.05, 0) is 69.1 Å². The van der Waals surface area contributed by atoms with Crippen molar-refractivity contribution in [1.82, 2.24) is 0 Å². The van der Waals surface area contributed by atoms with Crippen molar-refractivity contribution in [3.05, 3.63) is 23.3 Å². The normalized spacial score (nSPS) is 39.1. The summed E-state index contributed by atoms with van der Waals surface area (Å²) in [7, 11) is 0. The summed E-state index contributed by atoms with van der Waals surface area (Å²) >= 11 is 0. The van der Waals surface area contributed by atoms with E-state index in [0.29, 0.717) is 5.92 Å². The van der Waals surface area contributed by atoms with Gasteiger partial charge in [0.25, 0.3) is 0 Å². The first-order valence-corrected chi connectivity index (χ1v) is 8.77. The van der Waals surface area contributed by atoms with Gasteiger partial charge in [0.15, 0.2) is 0 Å². The van der Waals surface area contributed by atoms with E-state index in [2.05, 4.69) is 33.8 Å². The molecule has 2 nitrogen and oxygen atoms in total. The zero-order chi connectivity index (χ0) is 16.4.